The van der Waals surface area contributed by atoms with Gasteiger partial charge in [-0.15, -0.1) is 13.2 Å². The summed E-state index contributed by atoms with van der Waals surface area (Å²) in [5.41, 5.74) is 5.43. The van der Waals surface area contributed by atoms with Crippen LogP contribution in [0.2, 0.25) is 5.02 Å². The molecule has 0 aliphatic heterocycles. The van der Waals surface area contributed by atoms with Crippen LogP contribution in [0, 0.1) is 0 Å². The monoisotopic (exact) mass is 382 g/mol. The Hall–Kier alpha value is -1.74. The molecule has 0 bridgehead atoms. The molecule has 0 amide bonds. The quantitative estimate of drug-likeness (QED) is 0.834. The van der Waals surface area contributed by atoms with Crippen molar-refractivity contribution in [1.29, 1.82) is 0 Å². The molecule has 0 aliphatic rings. The van der Waals surface area contributed by atoms with Gasteiger partial charge < -0.3 is 15.8 Å². The SMILES string of the molecule is Nc1ncc(Cl)c(Nc2ccc(Br)cc2OC(F)(F)F)n1. The number of halogens is 5. The lowest BCUT2D eigenvalue weighted by atomic mass is 10.3. The first-order valence-corrected chi connectivity index (χ1v) is 6.52. The van der Waals surface area contributed by atoms with Gasteiger partial charge in [-0.1, -0.05) is 27.5 Å². The summed E-state index contributed by atoms with van der Waals surface area (Å²) < 4.78 is 41.6. The van der Waals surface area contributed by atoms with E-state index in [1.54, 1.807) is 0 Å². The Morgan fingerprint density at radius 1 is 1.33 bits per heavy atom. The lowest BCUT2D eigenvalue weighted by Gasteiger charge is -2.15. The van der Waals surface area contributed by atoms with Crippen LogP contribution in [0.5, 0.6) is 5.75 Å². The van der Waals surface area contributed by atoms with Crippen LogP contribution in [0.4, 0.5) is 30.6 Å². The number of ether oxygens (including phenoxy) is 1. The van der Waals surface area contributed by atoms with Crippen LogP contribution < -0.4 is 15.8 Å². The van der Waals surface area contributed by atoms with Crippen molar-refractivity contribution in [1.82, 2.24) is 9.97 Å². The number of rotatable bonds is 3. The molecule has 112 valence electrons. The molecule has 10 heteroatoms. The number of anilines is 3. The van der Waals surface area contributed by atoms with Crippen LogP contribution in [0.25, 0.3) is 0 Å². The van der Waals surface area contributed by atoms with Crippen molar-refractivity contribution in [2.45, 2.75) is 6.36 Å². The molecule has 1 aromatic carbocycles. The first kappa shape index (κ1) is 15.6. The molecular weight excluding hydrogens is 376 g/mol. The average molecular weight is 384 g/mol. The van der Waals surface area contributed by atoms with Crippen molar-refractivity contribution in [2.24, 2.45) is 0 Å². The summed E-state index contributed by atoms with van der Waals surface area (Å²) in [5.74, 6) is -0.444. The van der Waals surface area contributed by atoms with Gasteiger partial charge in [-0.2, -0.15) is 4.98 Å². The molecule has 5 nitrogen and oxygen atoms in total. The molecule has 0 unspecified atom stereocenters. The summed E-state index contributed by atoms with van der Waals surface area (Å²) in [4.78, 5) is 7.46. The third kappa shape index (κ3) is 4.36. The van der Waals surface area contributed by atoms with E-state index < -0.39 is 12.1 Å². The molecule has 3 N–H and O–H groups in total. The lowest BCUT2D eigenvalue weighted by molar-refractivity contribution is -0.274. The topological polar surface area (TPSA) is 73.1 Å². The minimum absolute atomic E-state index is 0.0236. The van der Waals surface area contributed by atoms with Gasteiger partial charge in [0.05, 0.1) is 11.9 Å². The summed E-state index contributed by atoms with van der Waals surface area (Å²) in [6.45, 7) is 0. The molecule has 0 fully saturated rings. The molecule has 21 heavy (non-hydrogen) atoms. The fourth-order valence-corrected chi connectivity index (χ4v) is 1.88. The Balaban J connectivity index is 2.37. The van der Waals surface area contributed by atoms with Crippen molar-refractivity contribution < 1.29 is 17.9 Å². The summed E-state index contributed by atoms with van der Waals surface area (Å²) in [7, 11) is 0. The Morgan fingerprint density at radius 2 is 2.05 bits per heavy atom. The van der Waals surface area contributed by atoms with E-state index in [1.807, 2.05) is 0 Å². The molecule has 0 atom stereocenters. The fraction of sp³-hybridized carbons (Fsp3) is 0.0909. The van der Waals surface area contributed by atoms with Crippen molar-refractivity contribution in [3.05, 3.63) is 33.9 Å². The molecule has 2 aromatic rings. The summed E-state index contributed by atoms with van der Waals surface area (Å²) in [6, 6.07) is 4.07. The number of aromatic nitrogens is 2. The molecule has 0 saturated carbocycles. The van der Waals surface area contributed by atoms with Gasteiger partial charge in [0.1, 0.15) is 5.02 Å². The van der Waals surface area contributed by atoms with Gasteiger partial charge in [0, 0.05) is 4.47 Å². The van der Waals surface area contributed by atoms with Gasteiger partial charge >= 0.3 is 6.36 Å². The second-order valence-electron chi connectivity index (χ2n) is 3.74. The van der Waals surface area contributed by atoms with E-state index in [1.165, 1.54) is 18.3 Å². The van der Waals surface area contributed by atoms with E-state index in [2.05, 4.69) is 36.0 Å². The highest BCUT2D eigenvalue weighted by Gasteiger charge is 2.32. The number of hydrogen-bond donors (Lipinski definition) is 2. The van der Waals surface area contributed by atoms with E-state index in [-0.39, 0.29) is 22.5 Å². The van der Waals surface area contributed by atoms with Crippen LogP contribution in [0.1, 0.15) is 0 Å². The van der Waals surface area contributed by atoms with Gasteiger partial charge in [-0.25, -0.2) is 4.98 Å². The molecule has 1 aromatic heterocycles. The second kappa shape index (κ2) is 5.94. The molecule has 2 rings (SSSR count). The van der Waals surface area contributed by atoms with Crippen molar-refractivity contribution in [3.63, 3.8) is 0 Å². The highest BCUT2D eigenvalue weighted by Crippen LogP contribution is 2.35. The van der Waals surface area contributed by atoms with E-state index in [0.29, 0.717) is 4.47 Å². The van der Waals surface area contributed by atoms with Crippen molar-refractivity contribution >= 4 is 45.0 Å². The van der Waals surface area contributed by atoms with E-state index in [9.17, 15) is 13.2 Å². The third-order valence-electron chi connectivity index (χ3n) is 2.19. The number of nitrogens with two attached hydrogens (primary N) is 1. The summed E-state index contributed by atoms with van der Waals surface area (Å²) in [6.07, 6.45) is -3.60. The zero-order valence-electron chi connectivity index (χ0n) is 10.1. The maximum atomic E-state index is 12.4. The highest BCUT2D eigenvalue weighted by atomic mass is 79.9. The van der Waals surface area contributed by atoms with Gasteiger partial charge in [0.25, 0.3) is 0 Å². The van der Waals surface area contributed by atoms with E-state index in [0.717, 1.165) is 6.07 Å². The molecule has 1 heterocycles. The number of benzene rings is 1. The maximum Gasteiger partial charge on any atom is 0.573 e. The van der Waals surface area contributed by atoms with Gasteiger partial charge in [0.2, 0.25) is 5.95 Å². The Labute approximate surface area is 130 Å². The summed E-state index contributed by atoms with van der Waals surface area (Å²) in [5, 5.41) is 2.72. The summed E-state index contributed by atoms with van der Waals surface area (Å²) >= 11 is 8.92. The Bertz CT molecular complexity index is 668. The molecule has 0 aliphatic carbocycles. The molecular formula is C11H7BrClF3N4O. The molecule has 0 spiro atoms. The normalized spacial score (nSPS) is 11.3. The van der Waals surface area contributed by atoms with Crippen molar-refractivity contribution in [2.75, 3.05) is 11.1 Å². The fourth-order valence-electron chi connectivity index (χ4n) is 1.40. The number of alkyl halides is 3. The van der Waals surface area contributed by atoms with Crippen LogP contribution in [0.3, 0.4) is 0 Å². The average Bonchev–Trinajstić information content (AvgIpc) is 2.35. The minimum Gasteiger partial charge on any atom is -0.404 e. The van der Waals surface area contributed by atoms with Crippen LogP contribution in [-0.4, -0.2) is 16.3 Å². The Morgan fingerprint density at radius 3 is 2.71 bits per heavy atom. The molecule has 0 saturated heterocycles. The first-order chi connectivity index (χ1) is 9.74. The number of nitrogen functional groups attached to an aromatic ring is 1. The van der Waals surface area contributed by atoms with Crippen molar-refractivity contribution in [3.8, 4) is 5.75 Å². The predicted molar refractivity (Wildman–Crippen MR) is 75.6 cm³/mol. The van der Waals surface area contributed by atoms with Crippen LogP contribution in [0.15, 0.2) is 28.9 Å². The van der Waals surface area contributed by atoms with Gasteiger partial charge in [0.15, 0.2) is 11.6 Å². The minimum atomic E-state index is -4.83. The standard InChI is InChI=1S/C11H7BrClF3N4O/c12-5-1-2-7(8(3-5)21-11(14,15)16)19-9-6(13)4-18-10(17)20-9/h1-4H,(H3,17,18,19,20). The van der Waals surface area contributed by atoms with E-state index >= 15 is 0 Å². The number of hydrogen-bond acceptors (Lipinski definition) is 5. The number of nitrogens with zero attached hydrogens (tertiary/aromatic N) is 2. The highest BCUT2D eigenvalue weighted by molar-refractivity contribution is 9.10. The smallest absolute Gasteiger partial charge is 0.404 e. The number of nitrogens with one attached hydrogen (secondary N) is 1. The lowest BCUT2D eigenvalue weighted by Crippen LogP contribution is -2.18. The predicted octanol–water partition coefficient (Wildman–Crippen LogP) is 4.12. The van der Waals surface area contributed by atoms with E-state index in [4.69, 9.17) is 17.3 Å². The first-order valence-electron chi connectivity index (χ1n) is 5.35. The van der Waals surface area contributed by atoms with Gasteiger partial charge in [-0.05, 0) is 18.2 Å². The van der Waals surface area contributed by atoms with Gasteiger partial charge in [-0.3, -0.25) is 0 Å². The van der Waals surface area contributed by atoms with Crippen LogP contribution >= 0.6 is 27.5 Å². The largest absolute Gasteiger partial charge is 0.573 e. The zero-order valence-corrected chi connectivity index (χ0v) is 12.4. The van der Waals surface area contributed by atoms with Crippen LogP contribution in [-0.2, 0) is 0 Å². The second-order valence-corrected chi connectivity index (χ2v) is 5.06. The third-order valence-corrected chi connectivity index (χ3v) is 2.96. The molecule has 0 radical (unpaired) electrons. The zero-order chi connectivity index (χ0) is 15.6. The Kier molecular flexibility index (Phi) is 4.43. The maximum absolute atomic E-state index is 12.4.